The van der Waals surface area contributed by atoms with Crippen LogP contribution in [-0.2, 0) is 0 Å². The molecule has 5 heteroatoms. The van der Waals surface area contributed by atoms with E-state index in [-0.39, 0.29) is 5.78 Å². The average molecular weight is 394 g/mol. The minimum atomic E-state index is -0.636. The molecular weight excluding hydrogens is 370 g/mol. The third-order valence-electron chi connectivity index (χ3n) is 5.75. The van der Waals surface area contributed by atoms with Crippen LogP contribution in [0.25, 0.3) is 20.2 Å². The lowest BCUT2D eigenvalue weighted by atomic mass is 9.89. The van der Waals surface area contributed by atoms with Gasteiger partial charge in [0.05, 0.1) is 5.54 Å². The number of hydrogen-bond donors (Lipinski definition) is 0. The number of likely N-dealkylation sites (tertiary alicyclic amines) is 1. The molecule has 0 aliphatic carbocycles. The summed E-state index contributed by atoms with van der Waals surface area (Å²) in [6.07, 6.45) is 3.40. The molecule has 0 bridgehead atoms. The molecule has 1 saturated heterocycles. The number of hydrogen-bond acceptors (Lipinski definition) is 5. The normalized spacial score (nSPS) is 15.8. The maximum absolute atomic E-state index is 13.3. The number of Topliss-reactive ketones (excluding diaryl/α,β-unsaturated/α-hetero) is 1. The Hall–Kier alpha value is -2.37. The Balaban J connectivity index is 1.87. The predicted octanol–water partition coefficient (Wildman–Crippen LogP) is 4.22. The third kappa shape index (κ3) is 3.19. The highest BCUT2D eigenvalue weighted by molar-refractivity contribution is 7.24. The summed E-state index contributed by atoms with van der Waals surface area (Å²) in [6.45, 7) is 5.71. The summed E-state index contributed by atoms with van der Waals surface area (Å²) in [5.41, 5.74) is -1.20. The van der Waals surface area contributed by atoms with Crippen LogP contribution in [-0.4, -0.2) is 29.3 Å². The lowest BCUT2D eigenvalue weighted by Gasteiger charge is -2.39. The lowest BCUT2D eigenvalue weighted by Crippen LogP contribution is -2.52. The SMILES string of the molecule is CC(C)(C(=O)c1ccc2sc3ccccc3c(=O)c(=O)c2c1)N1CCCCC1. The second-order valence-electron chi connectivity index (χ2n) is 7.90. The Morgan fingerprint density at radius 3 is 2.29 bits per heavy atom. The Kier molecular flexibility index (Phi) is 4.89. The number of benzene rings is 2. The smallest absolute Gasteiger partial charge is 0.235 e. The van der Waals surface area contributed by atoms with Gasteiger partial charge in [0.2, 0.25) is 10.9 Å². The van der Waals surface area contributed by atoms with E-state index in [1.165, 1.54) is 17.8 Å². The maximum Gasteiger partial charge on any atom is 0.235 e. The number of piperidine rings is 1. The Morgan fingerprint density at radius 2 is 1.54 bits per heavy atom. The summed E-state index contributed by atoms with van der Waals surface area (Å²) in [6, 6.07) is 12.3. The van der Waals surface area contributed by atoms with Crippen molar-refractivity contribution in [1.29, 1.82) is 0 Å². The second kappa shape index (κ2) is 7.22. The topological polar surface area (TPSA) is 54.5 Å². The molecule has 0 N–H and O–H groups in total. The monoisotopic (exact) mass is 393 g/mol. The number of carbonyl (C=O) groups excluding carboxylic acids is 1. The molecule has 0 unspecified atom stereocenters. The minimum absolute atomic E-state index is 0.00999. The van der Waals surface area contributed by atoms with Gasteiger partial charge in [-0.3, -0.25) is 19.3 Å². The molecule has 0 atom stereocenters. The standard InChI is InChI=1S/C23H23NO3S/c1-23(2,24-12-6-3-7-13-24)22(27)15-10-11-19-17(14-15)21(26)20(25)16-8-4-5-9-18(16)28-19/h4-5,8-11,14H,3,6-7,12-13H2,1-2H3. The van der Waals surface area contributed by atoms with Crippen molar-refractivity contribution < 1.29 is 4.79 Å². The maximum atomic E-state index is 13.3. The van der Waals surface area contributed by atoms with Gasteiger partial charge in [-0.25, -0.2) is 0 Å². The highest BCUT2D eigenvalue weighted by Gasteiger charge is 2.35. The van der Waals surface area contributed by atoms with Crippen molar-refractivity contribution >= 4 is 37.3 Å². The molecule has 144 valence electrons. The Morgan fingerprint density at radius 1 is 0.893 bits per heavy atom. The first-order valence-electron chi connectivity index (χ1n) is 9.69. The van der Waals surface area contributed by atoms with Crippen molar-refractivity contribution in [3.8, 4) is 0 Å². The molecular formula is C23H23NO3S. The van der Waals surface area contributed by atoms with Crippen LogP contribution in [0.3, 0.4) is 0 Å². The van der Waals surface area contributed by atoms with Gasteiger partial charge < -0.3 is 0 Å². The first kappa shape index (κ1) is 19.0. The Bertz CT molecular complexity index is 1190. The van der Waals surface area contributed by atoms with Gasteiger partial charge >= 0.3 is 0 Å². The molecule has 0 amide bonds. The van der Waals surface area contributed by atoms with E-state index in [2.05, 4.69) is 4.90 Å². The molecule has 0 radical (unpaired) electrons. The molecule has 28 heavy (non-hydrogen) atoms. The molecule has 3 aromatic rings. The van der Waals surface area contributed by atoms with Crippen LogP contribution >= 0.6 is 11.3 Å². The van der Waals surface area contributed by atoms with Crippen LogP contribution < -0.4 is 10.9 Å². The fourth-order valence-corrected chi connectivity index (χ4v) is 5.05. The van der Waals surface area contributed by atoms with Crippen molar-refractivity contribution in [2.24, 2.45) is 0 Å². The largest absolute Gasteiger partial charge is 0.292 e. The van der Waals surface area contributed by atoms with Gasteiger partial charge in [0, 0.05) is 25.7 Å². The van der Waals surface area contributed by atoms with E-state index in [0.29, 0.717) is 16.3 Å². The fourth-order valence-electron chi connectivity index (χ4n) is 3.99. The van der Waals surface area contributed by atoms with E-state index in [4.69, 9.17) is 0 Å². The average Bonchev–Trinajstić information content (AvgIpc) is 2.83. The quantitative estimate of drug-likeness (QED) is 0.494. The molecule has 4 rings (SSSR count). The second-order valence-corrected chi connectivity index (χ2v) is 8.99. The van der Waals surface area contributed by atoms with Crippen LogP contribution in [0.2, 0.25) is 0 Å². The number of nitrogens with zero attached hydrogens (tertiary/aromatic N) is 1. The van der Waals surface area contributed by atoms with Gasteiger partial charge in [-0.2, -0.15) is 0 Å². The van der Waals surface area contributed by atoms with Gasteiger partial charge in [-0.05, 0) is 70.1 Å². The summed E-state index contributed by atoms with van der Waals surface area (Å²) in [5.74, 6) is -0.00999. The van der Waals surface area contributed by atoms with Gasteiger partial charge in [0.15, 0.2) is 5.78 Å². The first-order valence-corrected chi connectivity index (χ1v) is 10.5. The molecule has 1 aliphatic heterocycles. The predicted molar refractivity (Wildman–Crippen MR) is 116 cm³/mol. The van der Waals surface area contributed by atoms with Crippen molar-refractivity contribution in [3.63, 3.8) is 0 Å². The minimum Gasteiger partial charge on any atom is -0.292 e. The molecule has 4 nitrogen and oxygen atoms in total. The van der Waals surface area contributed by atoms with Gasteiger partial charge in [-0.1, -0.05) is 18.6 Å². The third-order valence-corrected chi connectivity index (χ3v) is 6.90. The van der Waals surface area contributed by atoms with E-state index >= 15 is 0 Å². The molecule has 0 spiro atoms. The van der Waals surface area contributed by atoms with E-state index < -0.39 is 16.4 Å². The van der Waals surface area contributed by atoms with E-state index in [9.17, 15) is 14.4 Å². The van der Waals surface area contributed by atoms with Gasteiger partial charge in [0.25, 0.3) is 0 Å². The summed E-state index contributed by atoms with van der Waals surface area (Å²) < 4.78 is 1.49. The van der Waals surface area contributed by atoms with Crippen molar-refractivity contribution in [1.82, 2.24) is 4.90 Å². The number of rotatable bonds is 3. The van der Waals surface area contributed by atoms with Crippen LogP contribution in [0.4, 0.5) is 0 Å². The van der Waals surface area contributed by atoms with Crippen LogP contribution in [0.15, 0.2) is 52.1 Å². The summed E-state index contributed by atoms with van der Waals surface area (Å²) in [5, 5.41) is 0.752. The molecule has 2 aromatic carbocycles. The van der Waals surface area contributed by atoms with Gasteiger partial charge in [0.1, 0.15) is 0 Å². The van der Waals surface area contributed by atoms with E-state index in [1.807, 2.05) is 26.0 Å². The summed E-state index contributed by atoms with van der Waals surface area (Å²) >= 11 is 1.40. The summed E-state index contributed by atoms with van der Waals surface area (Å²) in [4.78, 5) is 41.0. The summed E-state index contributed by atoms with van der Waals surface area (Å²) in [7, 11) is 0. The lowest BCUT2D eigenvalue weighted by molar-refractivity contribution is 0.0579. The molecule has 0 saturated carbocycles. The van der Waals surface area contributed by atoms with Gasteiger partial charge in [-0.15, -0.1) is 11.3 Å². The molecule has 2 heterocycles. The zero-order chi connectivity index (χ0) is 19.9. The van der Waals surface area contributed by atoms with E-state index in [0.717, 1.165) is 35.3 Å². The van der Waals surface area contributed by atoms with Crippen LogP contribution in [0.1, 0.15) is 43.5 Å². The molecule has 1 aromatic heterocycles. The number of carbonyl (C=O) groups is 1. The first-order chi connectivity index (χ1) is 13.4. The Labute approximate surface area is 167 Å². The zero-order valence-electron chi connectivity index (χ0n) is 16.2. The van der Waals surface area contributed by atoms with Crippen molar-refractivity contribution in [3.05, 3.63) is 68.5 Å². The number of ketones is 1. The zero-order valence-corrected chi connectivity index (χ0v) is 17.0. The highest BCUT2D eigenvalue weighted by atomic mass is 32.1. The molecule has 1 fully saturated rings. The van der Waals surface area contributed by atoms with Crippen LogP contribution in [0, 0.1) is 0 Å². The van der Waals surface area contributed by atoms with Crippen molar-refractivity contribution in [2.75, 3.05) is 13.1 Å². The van der Waals surface area contributed by atoms with E-state index in [1.54, 1.807) is 30.3 Å². The fraction of sp³-hybridized carbons (Fsp3) is 0.348. The number of fused-ring (bicyclic) bond motifs is 2. The van der Waals surface area contributed by atoms with Crippen LogP contribution in [0.5, 0.6) is 0 Å². The molecule has 1 aliphatic rings. The van der Waals surface area contributed by atoms with Crippen molar-refractivity contribution in [2.45, 2.75) is 38.6 Å². The highest BCUT2D eigenvalue weighted by Crippen LogP contribution is 2.27.